The Labute approximate surface area is 134 Å². The SMILES string of the molecule is CC(C)CNCC(CC1CCOCC1)c1cccc(Cl)c1. The Balaban J connectivity index is 1.98. The van der Waals surface area contributed by atoms with Crippen LogP contribution in [0.4, 0.5) is 0 Å². The molecule has 1 unspecified atom stereocenters. The maximum absolute atomic E-state index is 6.18. The fraction of sp³-hybridized carbons (Fsp3) is 0.667. The quantitative estimate of drug-likeness (QED) is 0.801. The van der Waals surface area contributed by atoms with Gasteiger partial charge in [0.15, 0.2) is 0 Å². The predicted octanol–water partition coefficient (Wildman–Crippen LogP) is 4.49. The number of rotatable bonds is 7. The van der Waals surface area contributed by atoms with Gasteiger partial charge >= 0.3 is 0 Å². The summed E-state index contributed by atoms with van der Waals surface area (Å²) in [4.78, 5) is 0. The first-order valence-electron chi connectivity index (χ1n) is 8.19. The molecule has 0 saturated carbocycles. The first kappa shape index (κ1) is 16.8. The van der Waals surface area contributed by atoms with Crippen LogP contribution in [0.1, 0.15) is 44.6 Å². The van der Waals surface area contributed by atoms with E-state index in [4.69, 9.17) is 16.3 Å². The molecule has 1 saturated heterocycles. The summed E-state index contributed by atoms with van der Waals surface area (Å²) in [5.41, 5.74) is 1.37. The molecule has 1 aliphatic heterocycles. The van der Waals surface area contributed by atoms with E-state index in [9.17, 15) is 0 Å². The van der Waals surface area contributed by atoms with Crippen molar-refractivity contribution in [2.75, 3.05) is 26.3 Å². The molecule has 1 atom stereocenters. The molecule has 1 fully saturated rings. The van der Waals surface area contributed by atoms with E-state index >= 15 is 0 Å². The zero-order chi connectivity index (χ0) is 15.1. The van der Waals surface area contributed by atoms with Crippen LogP contribution >= 0.6 is 11.6 Å². The molecule has 1 N–H and O–H groups in total. The Morgan fingerprint density at radius 3 is 2.67 bits per heavy atom. The zero-order valence-corrected chi connectivity index (χ0v) is 14.0. The number of benzene rings is 1. The van der Waals surface area contributed by atoms with Gasteiger partial charge in [0.25, 0.3) is 0 Å². The van der Waals surface area contributed by atoms with Gasteiger partial charge in [0.2, 0.25) is 0 Å². The first-order valence-corrected chi connectivity index (χ1v) is 8.57. The van der Waals surface area contributed by atoms with E-state index in [1.165, 1.54) is 24.8 Å². The lowest BCUT2D eigenvalue weighted by molar-refractivity contribution is 0.0616. The van der Waals surface area contributed by atoms with Gasteiger partial charge in [-0.2, -0.15) is 0 Å². The molecule has 3 heteroatoms. The van der Waals surface area contributed by atoms with Crippen LogP contribution in [0.3, 0.4) is 0 Å². The normalized spacial score (nSPS) is 18.1. The molecule has 2 nitrogen and oxygen atoms in total. The Morgan fingerprint density at radius 2 is 2.00 bits per heavy atom. The van der Waals surface area contributed by atoms with Crippen LogP contribution in [0.2, 0.25) is 5.02 Å². The minimum Gasteiger partial charge on any atom is -0.381 e. The summed E-state index contributed by atoms with van der Waals surface area (Å²) in [6.07, 6.45) is 3.62. The van der Waals surface area contributed by atoms with Gasteiger partial charge < -0.3 is 10.1 Å². The van der Waals surface area contributed by atoms with Gasteiger partial charge in [-0.25, -0.2) is 0 Å². The number of hydrogen-bond acceptors (Lipinski definition) is 2. The van der Waals surface area contributed by atoms with Crippen LogP contribution in [-0.2, 0) is 4.74 Å². The molecule has 1 aromatic rings. The average Bonchev–Trinajstić information content (AvgIpc) is 2.47. The highest BCUT2D eigenvalue weighted by Gasteiger charge is 2.20. The third-order valence-electron chi connectivity index (χ3n) is 4.22. The summed E-state index contributed by atoms with van der Waals surface area (Å²) in [5.74, 6) is 2.02. The molecule has 118 valence electrons. The average molecular weight is 310 g/mol. The monoisotopic (exact) mass is 309 g/mol. The van der Waals surface area contributed by atoms with E-state index in [-0.39, 0.29) is 0 Å². The summed E-state index contributed by atoms with van der Waals surface area (Å²) in [6, 6.07) is 8.37. The second kappa shape index (κ2) is 8.77. The van der Waals surface area contributed by atoms with Crippen molar-refractivity contribution in [1.29, 1.82) is 0 Å². The van der Waals surface area contributed by atoms with Crippen molar-refractivity contribution in [1.82, 2.24) is 5.32 Å². The van der Waals surface area contributed by atoms with E-state index in [1.807, 2.05) is 6.07 Å². The van der Waals surface area contributed by atoms with Crippen LogP contribution in [0, 0.1) is 11.8 Å². The van der Waals surface area contributed by atoms with Crippen LogP contribution in [0.25, 0.3) is 0 Å². The number of ether oxygens (including phenoxy) is 1. The standard InChI is InChI=1S/C18H28ClNO/c1-14(2)12-20-13-17(10-15-6-8-21-9-7-15)16-4-3-5-18(19)11-16/h3-5,11,14-15,17,20H,6-10,12-13H2,1-2H3. The maximum Gasteiger partial charge on any atom is 0.0468 e. The van der Waals surface area contributed by atoms with E-state index < -0.39 is 0 Å². The third-order valence-corrected chi connectivity index (χ3v) is 4.46. The summed E-state index contributed by atoms with van der Waals surface area (Å²) < 4.78 is 5.48. The van der Waals surface area contributed by atoms with Gasteiger partial charge in [0.1, 0.15) is 0 Å². The van der Waals surface area contributed by atoms with Crippen LogP contribution in [0.5, 0.6) is 0 Å². The Bertz CT molecular complexity index is 415. The summed E-state index contributed by atoms with van der Waals surface area (Å²) in [7, 11) is 0. The second-order valence-electron chi connectivity index (χ2n) is 6.60. The largest absolute Gasteiger partial charge is 0.381 e. The minimum atomic E-state index is 0.547. The Kier molecular flexibility index (Phi) is 7.01. The molecule has 0 bridgehead atoms. The van der Waals surface area contributed by atoms with Gasteiger partial charge in [-0.3, -0.25) is 0 Å². The van der Waals surface area contributed by atoms with Crippen molar-refractivity contribution in [3.8, 4) is 0 Å². The molecule has 21 heavy (non-hydrogen) atoms. The Hall–Kier alpha value is -0.570. The highest BCUT2D eigenvalue weighted by Crippen LogP contribution is 2.30. The lowest BCUT2D eigenvalue weighted by Crippen LogP contribution is -2.28. The fourth-order valence-corrected chi connectivity index (χ4v) is 3.23. The molecule has 1 aromatic carbocycles. The van der Waals surface area contributed by atoms with Crippen molar-refractivity contribution in [3.63, 3.8) is 0 Å². The summed E-state index contributed by atoms with van der Waals surface area (Å²) >= 11 is 6.18. The predicted molar refractivity (Wildman–Crippen MR) is 90.1 cm³/mol. The second-order valence-corrected chi connectivity index (χ2v) is 7.03. The van der Waals surface area contributed by atoms with Crippen molar-refractivity contribution in [2.45, 2.75) is 39.0 Å². The Morgan fingerprint density at radius 1 is 1.24 bits per heavy atom. The van der Waals surface area contributed by atoms with Gasteiger partial charge in [-0.1, -0.05) is 37.6 Å². The van der Waals surface area contributed by atoms with E-state index in [0.717, 1.165) is 37.2 Å². The molecular formula is C18H28ClNO. The molecule has 1 heterocycles. The molecule has 0 amide bonds. The number of hydrogen-bond donors (Lipinski definition) is 1. The van der Waals surface area contributed by atoms with Crippen LogP contribution in [-0.4, -0.2) is 26.3 Å². The van der Waals surface area contributed by atoms with Crippen LogP contribution < -0.4 is 5.32 Å². The third kappa shape index (κ3) is 5.98. The van der Waals surface area contributed by atoms with Gasteiger partial charge in [0.05, 0.1) is 0 Å². The highest BCUT2D eigenvalue weighted by molar-refractivity contribution is 6.30. The number of halogens is 1. The minimum absolute atomic E-state index is 0.547. The molecule has 0 spiro atoms. The van der Waals surface area contributed by atoms with E-state index in [1.54, 1.807) is 0 Å². The van der Waals surface area contributed by atoms with E-state index in [2.05, 4.69) is 37.4 Å². The van der Waals surface area contributed by atoms with Gasteiger partial charge in [-0.15, -0.1) is 0 Å². The zero-order valence-electron chi connectivity index (χ0n) is 13.3. The van der Waals surface area contributed by atoms with Gasteiger partial charge in [0, 0.05) is 24.8 Å². The molecule has 0 aliphatic carbocycles. The summed E-state index contributed by atoms with van der Waals surface area (Å²) in [5, 5.41) is 4.46. The lowest BCUT2D eigenvalue weighted by atomic mass is 9.85. The molecular weight excluding hydrogens is 282 g/mol. The topological polar surface area (TPSA) is 21.3 Å². The van der Waals surface area contributed by atoms with Gasteiger partial charge in [-0.05, 0) is 61.3 Å². The fourth-order valence-electron chi connectivity index (χ4n) is 3.03. The highest BCUT2D eigenvalue weighted by atomic mass is 35.5. The molecule has 1 aliphatic rings. The van der Waals surface area contributed by atoms with Crippen molar-refractivity contribution >= 4 is 11.6 Å². The summed E-state index contributed by atoms with van der Waals surface area (Å²) in [6.45, 7) is 8.46. The van der Waals surface area contributed by atoms with Crippen LogP contribution in [0.15, 0.2) is 24.3 Å². The van der Waals surface area contributed by atoms with Crippen molar-refractivity contribution in [2.24, 2.45) is 11.8 Å². The molecule has 0 aromatic heterocycles. The molecule has 0 radical (unpaired) electrons. The molecule has 2 rings (SSSR count). The van der Waals surface area contributed by atoms with Crippen molar-refractivity contribution in [3.05, 3.63) is 34.9 Å². The van der Waals surface area contributed by atoms with Crippen molar-refractivity contribution < 1.29 is 4.74 Å². The van der Waals surface area contributed by atoms with E-state index in [0.29, 0.717) is 11.8 Å². The number of nitrogens with one attached hydrogen (secondary N) is 1. The maximum atomic E-state index is 6.18. The smallest absolute Gasteiger partial charge is 0.0468 e. The first-order chi connectivity index (χ1) is 10.1. The lowest BCUT2D eigenvalue weighted by Gasteiger charge is -2.27.